The summed E-state index contributed by atoms with van der Waals surface area (Å²) in [5.41, 5.74) is 5.41. The second kappa shape index (κ2) is 8.13. The van der Waals surface area contributed by atoms with E-state index in [1.165, 1.54) is 12.5 Å². The summed E-state index contributed by atoms with van der Waals surface area (Å²) in [5.74, 6) is -0.297. The topological polar surface area (TPSA) is 65.2 Å². The molecule has 2 N–H and O–H groups in total. The lowest BCUT2D eigenvalue weighted by Crippen LogP contribution is -2.17. The number of hydrogen-bond acceptors (Lipinski definition) is 3. The van der Waals surface area contributed by atoms with Crippen LogP contribution in [0.25, 0.3) is 0 Å². The van der Waals surface area contributed by atoms with Crippen LogP contribution in [0.5, 0.6) is 0 Å². The molecule has 144 valence electrons. The lowest BCUT2D eigenvalue weighted by atomic mass is 10.1. The van der Waals surface area contributed by atoms with Crippen molar-refractivity contribution >= 4 is 23.1 Å². The third-order valence-electron chi connectivity index (χ3n) is 4.85. The fourth-order valence-electron chi connectivity index (χ4n) is 3.45. The van der Waals surface area contributed by atoms with E-state index in [4.69, 9.17) is 0 Å². The quantitative estimate of drug-likeness (QED) is 0.613. The molecular weight excluding hydrogens is 350 g/mol. The molecule has 0 atom stereocenters. The number of nitrogens with zero attached hydrogens (tertiary/aromatic N) is 1. The molecular formula is C23H25N3O2. The van der Waals surface area contributed by atoms with Gasteiger partial charge in [0.05, 0.1) is 0 Å². The maximum absolute atomic E-state index is 12.6. The highest BCUT2D eigenvalue weighted by Crippen LogP contribution is 2.22. The molecule has 0 aliphatic rings. The molecule has 1 amide bonds. The summed E-state index contributed by atoms with van der Waals surface area (Å²) in [6, 6.07) is 18.0. The highest BCUT2D eigenvalue weighted by atomic mass is 16.2. The van der Waals surface area contributed by atoms with Crippen LogP contribution < -0.4 is 10.2 Å². The van der Waals surface area contributed by atoms with Crippen LogP contribution in [0.4, 0.5) is 11.4 Å². The maximum atomic E-state index is 12.6. The van der Waals surface area contributed by atoms with Gasteiger partial charge in [0.25, 0.3) is 5.91 Å². The van der Waals surface area contributed by atoms with Crippen molar-refractivity contribution in [3.63, 3.8) is 0 Å². The van der Waals surface area contributed by atoms with Gasteiger partial charge in [-0.25, -0.2) is 0 Å². The molecule has 0 fully saturated rings. The monoisotopic (exact) mass is 375 g/mol. The van der Waals surface area contributed by atoms with Gasteiger partial charge in [0.1, 0.15) is 5.69 Å². The zero-order chi connectivity index (χ0) is 20.3. The zero-order valence-electron chi connectivity index (χ0n) is 16.7. The number of carbonyl (C=O) groups excluding carboxylic acids is 2. The Balaban J connectivity index is 1.70. The SMILES string of the molecule is CC(=O)c1c(C)[nH]c(C(=O)Nc2ccc(N(C)Cc3ccccc3)cc2)c1C. The molecule has 0 unspecified atom stereocenters. The molecule has 5 heteroatoms. The molecule has 0 aliphatic heterocycles. The van der Waals surface area contributed by atoms with Crippen molar-refractivity contribution in [3.05, 3.63) is 82.7 Å². The molecule has 0 bridgehead atoms. The van der Waals surface area contributed by atoms with Crippen molar-refractivity contribution in [1.82, 2.24) is 4.98 Å². The van der Waals surface area contributed by atoms with Gasteiger partial charge in [-0.3, -0.25) is 9.59 Å². The van der Waals surface area contributed by atoms with Crippen LogP contribution in [-0.2, 0) is 6.54 Å². The Morgan fingerprint density at radius 3 is 2.21 bits per heavy atom. The van der Waals surface area contributed by atoms with Crippen LogP contribution in [0.3, 0.4) is 0 Å². The minimum absolute atomic E-state index is 0.0453. The molecule has 0 spiro atoms. The summed E-state index contributed by atoms with van der Waals surface area (Å²) < 4.78 is 0. The molecule has 1 aromatic heterocycles. The highest BCUT2D eigenvalue weighted by molar-refractivity contribution is 6.07. The first-order valence-electron chi connectivity index (χ1n) is 9.23. The number of rotatable bonds is 6. The number of nitrogens with one attached hydrogen (secondary N) is 2. The first kappa shape index (κ1) is 19.4. The number of hydrogen-bond donors (Lipinski definition) is 2. The molecule has 1 heterocycles. The number of amides is 1. The van der Waals surface area contributed by atoms with Gasteiger partial charge in [0.2, 0.25) is 0 Å². The average molecular weight is 375 g/mol. The fourth-order valence-corrected chi connectivity index (χ4v) is 3.45. The molecule has 5 nitrogen and oxygen atoms in total. The van der Waals surface area contributed by atoms with Crippen LogP contribution in [0, 0.1) is 13.8 Å². The van der Waals surface area contributed by atoms with E-state index in [0.717, 1.165) is 12.2 Å². The van der Waals surface area contributed by atoms with Gasteiger partial charge in [-0.05, 0) is 56.2 Å². The second-order valence-corrected chi connectivity index (χ2v) is 7.02. The van der Waals surface area contributed by atoms with Gasteiger partial charge in [0, 0.05) is 36.2 Å². The number of ketones is 1. The lowest BCUT2D eigenvalue weighted by Gasteiger charge is -2.19. The summed E-state index contributed by atoms with van der Waals surface area (Å²) in [7, 11) is 2.04. The fraction of sp³-hybridized carbons (Fsp3) is 0.217. The zero-order valence-corrected chi connectivity index (χ0v) is 16.7. The average Bonchev–Trinajstić information content (AvgIpc) is 2.97. The van der Waals surface area contributed by atoms with E-state index >= 15 is 0 Å². The number of Topliss-reactive ketones (excluding diaryl/α,β-unsaturated/α-hetero) is 1. The van der Waals surface area contributed by atoms with E-state index in [9.17, 15) is 9.59 Å². The van der Waals surface area contributed by atoms with Crippen molar-refractivity contribution in [3.8, 4) is 0 Å². The van der Waals surface area contributed by atoms with Crippen LogP contribution in [-0.4, -0.2) is 23.7 Å². The van der Waals surface area contributed by atoms with E-state index in [1.54, 1.807) is 13.8 Å². The molecule has 0 saturated carbocycles. The Bertz CT molecular complexity index is 989. The Hall–Kier alpha value is -3.34. The number of benzene rings is 2. The van der Waals surface area contributed by atoms with Gasteiger partial charge in [-0.15, -0.1) is 0 Å². The number of anilines is 2. The number of aryl methyl sites for hydroxylation is 1. The Labute approximate surface area is 165 Å². The normalized spacial score (nSPS) is 10.6. The van der Waals surface area contributed by atoms with E-state index in [1.807, 2.05) is 49.5 Å². The van der Waals surface area contributed by atoms with E-state index in [-0.39, 0.29) is 11.7 Å². The molecule has 0 saturated heterocycles. The predicted molar refractivity (Wildman–Crippen MR) is 113 cm³/mol. The first-order chi connectivity index (χ1) is 13.4. The first-order valence-corrected chi connectivity index (χ1v) is 9.23. The van der Waals surface area contributed by atoms with Gasteiger partial charge in [-0.2, -0.15) is 0 Å². The molecule has 28 heavy (non-hydrogen) atoms. The minimum Gasteiger partial charge on any atom is -0.370 e. The second-order valence-electron chi connectivity index (χ2n) is 7.02. The van der Waals surface area contributed by atoms with E-state index in [2.05, 4.69) is 27.3 Å². The summed E-state index contributed by atoms with van der Waals surface area (Å²) in [4.78, 5) is 29.6. The summed E-state index contributed by atoms with van der Waals surface area (Å²) in [6.07, 6.45) is 0. The summed E-state index contributed by atoms with van der Waals surface area (Å²) in [5, 5.41) is 2.89. The standard InChI is InChI=1S/C23H25N3O2/c1-15-21(17(3)27)16(2)24-22(15)23(28)25-19-10-12-20(13-11-19)26(4)14-18-8-6-5-7-9-18/h5-13,24H,14H2,1-4H3,(H,25,28). The van der Waals surface area contributed by atoms with Gasteiger partial charge in [0.15, 0.2) is 5.78 Å². The summed E-state index contributed by atoms with van der Waals surface area (Å²) in [6.45, 7) is 5.91. The lowest BCUT2D eigenvalue weighted by molar-refractivity contribution is 0.101. The van der Waals surface area contributed by atoms with Crippen molar-refractivity contribution in [1.29, 1.82) is 0 Å². The van der Waals surface area contributed by atoms with E-state index in [0.29, 0.717) is 28.2 Å². The predicted octanol–water partition coefficient (Wildman–Crippen LogP) is 4.72. The Morgan fingerprint density at radius 1 is 1.00 bits per heavy atom. The third-order valence-corrected chi connectivity index (χ3v) is 4.85. The van der Waals surface area contributed by atoms with Crippen LogP contribution in [0.15, 0.2) is 54.6 Å². The maximum Gasteiger partial charge on any atom is 0.272 e. The number of aromatic amines is 1. The third kappa shape index (κ3) is 4.14. The molecule has 0 aliphatic carbocycles. The molecule has 0 radical (unpaired) electrons. The highest BCUT2D eigenvalue weighted by Gasteiger charge is 2.19. The Morgan fingerprint density at radius 2 is 1.64 bits per heavy atom. The van der Waals surface area contributed by atoms with Gasteiger partial charge >= 0.3 is 0 Å². The van der Waals surface area contributed by atoms with E-state index < -0.39 is 0 Å². The largest absolute Gasteiger partial charge is 0.370 e. The molecule has 3 aromatic rings. The van der Waals surface area contributed by atoms with Crippen molar-refractivity contribution in [2.24, 2.45) is 0 Å². The van der Waals surface area contributed by atoms with Crippen LogP contribution >= 0.6 is 0 Å². The number of carbonyl (C=O) groups is 2. The van der Waals surface area contributed by atoms with Gasteiger partial charge < -0.3 is 15.2 Å². The minimum atomic E-state index is -0.251. The smallest absolute Gasteiger partial charge is 0.272 e. The number of aromatic nitrogens is 1. The van der Waals surface area contributed by atoms with Crippen molar-refractivity contribution < 1.29 is 9.59 Å². The van der Waals surface area contributed by atoms with Crippen LogP contribution in [0.2, 0.25) is 0 Å². The number of H-pyrrole nitrogens is 1. The van der Waals surface area contributed by atoms with Crippen molar-refractivity contribution in [2.45, 2.75) is 27.3 Å². The molecule has 3 rings (SSSR count). The van der Waals surface area contributed by atoms with Gasteiger partial charge in [-0.1, -0.05) is 30.3 Å². The summed E-state index contributed by atoms with van der Waals surface area (Å²) >= 11 is 0. The van der Waals surface area contributed by atoms with Crippen LogP contribution in [0.1, 0.15) is 44.6 Å². The molecule has 2 aromatic carbocycles. The Kier molecular flexibility index (Phi) is 5.64. The van der Waals surface area contributed by atoms with Crippen molar-refractivity contribution in [2.75, 3.05) is 17.3 Å².